The topological polar surface area (TPSA) is 98.8 Å². The van der Waals surface area contributed by atoms with E-state index in [0.29, 0.717) is 31.9 Å². The van der Waals surface area contributed by atoms with Crippen LogP contribution < -0.4 is 10.1 Å². The fraction of sp³-hybridized carbons (Fsp3) is 0.424. The first-order valence-corrected chi connectivity index (χ1v) is 14.5. The molecule has 2 heterocycles. The highest BCUT2D eigenvalue weighted by molar-refractivity contribution is 5.86. The van der Waals surface area contributed by atoms with Crippen molar-refractivity contribution in [2.45, 2.75) is 60.3 Å². The maximum absolute atomic E-state index is 13.8. The van der Waals surface area contributed by atoms with Gasteiger partial charge in [-0.2, -0.15) is 5.10 Å². The lowest BCUT2D eigenvalue weighted by atomic mass is 10.0. The molecule has 9 nitrogen and oxygen atoms in total. The molecule has 42 heavy (non-hydrogen) atoms. The Morgan fingerprint density at radius 3 is 2.29 bits per heavy atom. The Hall–Kier alpha value is -4.27. The maximum Gasteiger partial charge on any atom is 0.408 e. The first-order valence-electron chi connectivity index (χ1n) is 14.5. The minimum absolute atomic E-state index is 0.0808. The SMILES string of the molecule is Cc1cc(COc2ccc(CC(NC(=O)OCc3ccc4occc4c3)C(=O)N(CC(C)C)CC(C)C)cc2)nn1C. The van der Waals surface area contributed by atoms with Crippen molar-refractivity contribution < 1.29 is 23.5 Å². The van der Waals surface area contributed by atoms with Crippen LogP contribution in [-0.4, -0.2) is 45.8 Å². The van der Waals surface area contributed by atoms with E-state index in [0.717, 1.165) is 33.5 Å². The van der Waals surface area contributed by atoms with E-state index in [1.165, 1.54) is 0 Å². The van der Waals surface area contributed by atoms with Gasteiger partial charge in [-0.25, -0.2) is 4.79 Å². The van der Waals surface area contributed by atoms with Gasteiger partial charge in [-0.05, 0) is 66.3 Å². The lowest BCUT2D eigenvalue weighted by molar-refractivity contribution is -0.134. The van der Waals surface area contributed by atoms with Gasteiger partial charge in [0, 0.05) is 37.6 Å². The average Bonchev–Trinajstić information content (AvgIpc) is 3.54. The Labute approximate surface area is 247 Å². The van der Waals surface area contributed by atoms with E-state index in [2.05, 4.69) is 38.1 Å². The van der Waals surface area contributed by atoms with Crippen molar-refractivity contribution in [3.05, 3.63) is 83.4 Å². The van der Waals surface area contributed by atoms with E-state index in [1.54, 1.807) is 6.26 Å². The van der Waals surface area contributed by atoms with Gasteiger partial charge in [-0.3, -0.25) is 9.48 Å². The van der Waals surface area contributed by atoms with E-state index >= 15 is 0 Å². The molecule has 0 saturated carbocycles. The monoisotopic (exact) mass is 574 g/mol. The summed E-state index contributed by atoms with van der Waals surface area (Å²) in [5.41, 5.74) is 4.42. The van der Waals surface area contributed by atoms with Crippen molar-refractivity contribution in [2.75, 3.05) is 13.1 Å². The number of nitrogens with one attached hydrogen (secondary N) is 1. The zero-order valence-electron chi connectivity index (χ0n) is 25.4. The van der Waals surface area contributed by atoms with Crippen LogP contribution in [0.4, 0.5) is 4.79 Å². The van der Waals surface area contributed by atoms with Gasteiger partial charge >= 0.3 is 6.09 Å². The Morgan fingerprint density at radius 1 is 0.952 bits per heavy atom. The van der Waals surface area contributed by atoms with Crippen LogP contribution >= 0.6 is 0 Å². The molecule has 1 N–H and O–H groups in total. The molecule has 4 aromatic rings. The summed E-state index contributed by atoms with van der Waals surface area (Å²) in [6.07, 6.45) is 1.31. The summed E-state index contributed by atoms with van der Waals surface area (Å²) in [5, 5.41) is 8.21. The fourth-order valence-electron chi connectivity index (χ4n) is 4.82. The molecule has 1 unspecified atom stereocenters. The van der Waals surface area contributed by atoms with Crippen molar-refractivity contribution in [2.24, 2.45) is 18.9 Å². The Bertz CT molecular complexity index is 1440. The van der Waals surface area contributed by atoms with Crippen LogP contribution in [0.1, 0.15) is 50.2 Å². The van der Waals surface area contributed by atoms with Gasteiger partial charge in [0.25, 0.3) is 0 Å². The molecular formula is C33H42N4O5. The summed E-state index contributed by atoms with van der Waals surface area (Å²) in [7, 11) is 1.90. The number of amides is 2. The molecule has 224 valence electrons. The number of carbonyl (C=O) groups excluding carboxylic acids is 2. The van der Waals surface area contributed by atoms with E-state index in [4.69, 9.17) is 13.9 Å². The molecule has 2 aromatic carbocycles. The zero-order chi connectivity index (χ0) is 30.2. The molecule has 0 aliphatic carbocycles. The number of furan rings is 1. The van der Waals surface area contributed by atoms with Crippen molar-refractivity contribution >= 4 is 23.0 Å². The predicted molar refractivity (Wildman–Crippen MR) is 162 cm³/mol. The molecule has 2 aromatic heterocycles. The highest BCUT2D eigenvalue weighted by Gasteiger charge is 2.28. The van der Waals surface area contributed by atoms with Crippen LogP contribution in [0.2, 0.25) is 0 Å². The van der Waals surface area contributed by atoms with Crippen LogP contribution in [0.15, 0.2) is 65.3 Å². The molecule has 0 fully saturated rings. The van der Waals surface area contributed by atoms with Gasteiger partial charge in [0.05, 0.1) is 6.26 Å². The van der Waals surface area contributed by atoms with Crippen LogP contribution in [0.3, 0.4) is 0 Å². The first-order chi connectivity index (χ1) is 20.1. The number of benzene rings is 2. The van der Waals surface area contributed by atoms with E-state index in [9.17, 15) is 9.59 Å². The van der Waals surface area contributed by atoms with Gasteiger partial charge in [0.1, 0.15) is 36.3 Å². The Kier molecular flexibility index (Phi) is 10.3. The second kappa shape index (κ2) is 14.1. The highest BCUT2D eigenvalue weighted by Crippen LogP contribution is 2.19. The van der Waals surface area contributed by atoms with Crippen LogP contribution in [0, 0.1) is 18.8 Å². The number of carbonyl (C=O) groups is 2. The third-order valence-electron chi connectivity index (χ3n) is 6.87. The molecule has 4 rings (SSSR count). The van der Waals surface area contributed by atoms with Gasteiger partial charge in [0.15, 0.2) is 0 Å². The van der Waals surface area contributed by atoms with Crippen LogP contribution in [0.25, 0.3) is 11.0 Å². The Morgan fingerprint density at radius 2 is 1.64 bits per heavy atom. The summed E-state index contributed by atoms with van der Waals surface area (Å²) < 4.78 is 18.6. The van der Waals surface area contributed by atoms with Crippen LogP contribution in [0.5, 0.6) is 5.75 Å². The summed E-state index contributed by atoms with van der Waals surface area (Å²) in [5.74, 6) is 1.16. The van der Waals surface area contributed by atoms with Gasteiger partial charge in [-0.15, -0.1) is 0 Å². The molecule has 0 saturated heterocycles. The molecule has 0 spiro atoms. The van der Waals surface area contributed by atoms with Crippen molar-refractivity contribution in [1.29, 1.82) is 0 Å². The van der Waals surface area contributed by atoms with Gasteiger partial charge in [-0.1, -0.05) is 45.9 Å². The van der Waals surface area contributed by atoms with E-state index in [1.807, 2.05) is 78.2 Å². The molecule has 1 atom stereocenters. The van der Waals surface area contributed by atoms with Gasteiger partial charge < -0.3 is 24.1 Å². The third kappa shape index (κ3) is 8.61. The van der Waals surface area contributed by atoms with Crippen LogP contribution in [-0.2, 0) is 36.2 Å². The summed E-state index contributed by atoms with van der Waals surface area (Å²) >= 11 is 0. The largest absolute Gasteiger partial charge is 0.487 e. The number of fused-ring (bicyclic) bond motifs is 1. The van der Waals surface area contributed by atoms with Crippen molar-refractivity contribution in [3.63, 3.8) is 0 Å². The minimum atomic E-state index is -0.783. The standard InChI is InChI=1S/C33H42N4O5/c1-22(2)18-37(19-23(3)4)32(38)30(34-33(39)42-20-26-9-12-31-27(16-26)13-14-40-31)17-25-7-10-29(11-8-25)41-21-28-15-24(5)36(6)35-28/h7-16,22-23,30H,17-21H2,1-6H3,(H,34,39). The number of hydrogen-bond donors (Lipinski definition) is 1. The van der Waals surface area contributed by atoms with E-state index < -0.39 is 12.1 Å². The predicted octanol–water partition coefficient (Wildman–Crippen LogP) is 6.03. The van der Waals surface area contributed by atoms with Crippen molar-refractivity contribution in [3.8, 4) is 5.75 Å². The molecule has 0 bridgehead atoms. The average molecular weight is 575 g/mol. The van der Waals surface area contributed by atoms with E-state index in [-0.39, 0.29) is 24.3 Å². The normalized spacial score (nSPS) is 12.1. The molecule has 9 heteroatoms. The Balaban J connectivity index is 1.44. The van der Waals surface area contributed by atoms with Crippen molar-refractivity contribution in [1.82, 2.24) is 20.0 Å². The molecule has 0 aliphatic heterocycles. The molecule has 0 radical (unpaired) electrons. The fourth-order valence-corrected chi connectivity index (χ4v) is 4.82. The number of nitrogens with zero attached hydrogens (tertiary/aromatic N) is 3. The number of ether oxygens (including phenoxy) is 2. The summed E-state index contributed by atoms with van der Waals surface area (Å²) in [6, 6.07) is 16.3. The minimum Gasteiger partial charge on any atom is -0.487 e. The number of aromatic nitrogens is 2. The number of aryl methyl sites for hydroxylation is 2. The molecule has 0 aliphatic rings. The number of hydrogen-bond acceptors (Lipinski definition) is 6. The molecule has 2 amide bonds. The summed E-state index contributed by atoms with van der Waals surface area (Å²) in [6.45, 7) is 12.0. The lowest BCUT2D eigenvalue weighted by Gasteiger charge is -2.30. The quantitative estimate of drug-likeness (QED) is 0.209. The second-order valence-electron chi connectivity index (χ2n) is 11.6. The maximum atomic E-state index is 13.8. The smallest absolute Gasteiger partial charge is 0.408 e. The number of rotatable bonds is 13. The third-order valence-corrected chi connectivity index (χ3v) is 6.87. The first kappa shape index (κ1) is 30.7. The molecular weight excluding hydrogens is 532 g/mol. The number of alkyl carbamates (subject to hydrolysis) is 1. The highest BCUT2D eigenvalue weighted by atomic mass is 16.5. The van der Waals surface area contributed by atoms with Gasteiger partial charge in [0.2, 0.25) is 5.91 Å². The zero-order valence-corrected chi connectivity index (χ0v) is 25.4. The lowest BCUT2D eigenvalue weighted by Crippen LogP contribution is -2.51. The summed E-state index contributed by atoms with van der Waals surface area (Å²) in [4.78, 5) is 28.6. The second-order valence-corrected chi connectivity index (χ2v) is 11.6.